The van der Waals surface area contributed by atoms with Gasteiger partial charge in [-0.2, -0.15) is 0 Å². The molecule has 0 aromatic heterocycles. The second-order valence-corrected chi connectivity index (χ2v) is 9.21. The lowest BCUT2D eigenvalue weighted by Crippen LogP contribution is -2.18. The van der Waals surface area contributed by atoms with Crippen LogP contribution in [0, 0.1) is 5.92 Å². The number of aliphatic hydroxyl groups is 1. The predicted octanol–water partition coefficient (Wildman–Crippen LogP) is 6.54. The highest BCUT2D eigenvalue weighted by Gasteiger charge is 2.07. The van der Waals surface area contributed by atoms with Crippen molar-refractivity contribution >= 4 is 5.69 Å². The first-order valence-corrected chi connectivity index (χ1v) is 13.1. The minimum atomic E-state index is -0.309. The molecule has 0 saturated carbocycles. The fourth-order valence-corrected chi connectivity index (χ4v) is 3.91. The van der Waals surface area contributed by atoms with Gasteiger partial charge in [0, 0.05) is 18.2 Å². The molecule has 3 rings (SSSR count). The van der Waals surface area contributed by atoms with Crippen molar-refractivity contribution in [1.82, 2.24) is 0 Å². The van der Waals surface area contributed by atoms with Crippen LogP contribution < -0.4 is 19.5 Å². The van der Waals surface area contributed by atoms with Gasteiger partial charge in [0.05, 0.1) is 25.9 Å². The van der Waals surface area contributed by atoms with E-state index in [4.69, 9.17) is 14.2 Å². The van der Waals surface area contributed by atoms with Crippen LogP contribution in [0.4, 0.5) is 5.69 Å². The van der Waals surface area contributed by atoms with E-state index in [1.165, 1.54) is 11.1 Å². The maximum Gasteiger partial charge on any atom is 0.119 e. The molecule has 36 heavy (non-hydrogen) atoms. The van der Waals surface area contributed by atoms with Gasteiger partial charge in [0.25, 0.3) is 0 Å². The summed E-state index contributed by atoms with van der Waals surface area (Å²) in [7, 11) is 0. The zero-order valence-corrected chi connectivity index (χ0v) is 21.9. The van der Waals surface area contributed by atoms with Crippen molar-refractivity contribution < 1.29 is 19.3 Å². The Morgan fingerprint density at radius 3 is 1.58 bits per heavy atom. The molecule has 0 spiro atoms. The molecule has 0 heterocycles. The molecule has 0 aliphatic carbocycles. The van der Waals surface area contributed by atoms with Gasteiger partial charge in [-0.3, -0.25) is 0 Å². The number of ether oxygens (including phenoxy) is 3. The van der Waals surface area contributed by atoms with Crippen LogP contribution in [0.5, 0.6) is 17.2 Å². The van der Waals surface area contributed by atoms with Crippen molar-refractivity contribution in [2.75, 3.05) is 31.7 Å². The highest BCUT2D eigenvalue weighted by molar-refractivity contribution is 5.46. The Balaban J connectivity index is 1.31. The van der Waals surface area contributed by atoms with Crippen molar-refractivity contribution in [3.05, 3.63) is 83.9 Å². The average molecular weight is 492 g/mol. The maximum absolute atomic E-state index is 10.4. The van der Waals surface area contributed by atoms with Gasteiger partial charge < -0.3 is 24.6 Å². The Hall–Kier alpha value is -3.18. The number of benzene rings is 3. The zero-order chi connectivity index (χ0) is 25.6. The fraction of sp³-hybridized carbons (Fsp3) is 0.419. The third-order valence-electron chi connectivity index (χ3n) is 6.04. The number of anilines is 1. The van der Waals surface area contributed by atoms with Gasteiger partial charge in [-0.1, -0.05) is 31.2 Å². The first-order valence-electron chi connectivity index (χ1n) is 13.1. The molecule has 0 fully saturated rings. The Morgan fingerprint density at radius 1 is 0.667 bits per heavy atom. The van der Waals surface area contributed by atoms with Gasteiger partial charge in [0.1, 0.15) is 17.2 Å². The van der Waals surface area contributed by atoms with Crippen LogP contribution in [0.25, 0.3) is 0 Å². The number of rotatable bonds is 16. The summed E-state index contributed by atoms with van der Waals surface area (Å²) in [5, 5.41) is 13.9. The fourth-order valence-electron chi connectivity index (χ4n) is 3.91. The van der Waals surface area contributed by atoms with E-state index in [1.54, 1.807) is 0 Å². The summed E-state index contributed by atoms with van der Waals surface area (Å²) in [6.45, 7) is 8.97. The van der Waals surface area contributed by atoms with Crippen LogP contribution in [-0.2, 0) is 12.8 Å². The molecule has 194 valence electrons. The predicted molar refractivity (Wildman–Crippen MR) is 147 cm³/mol. The highest BCUT2D eigenvalue weighted by atomic mass is 16.5. The van der Waals surface area contributed by atoms with Crippen LogP contribution in [0.1, 0.15) is 44.7 Å². The van der Waals surface area contributed by atoms with E-state index in [0.29, 0.717) is 25.7 Å². The molecule has 0 aliphatic heterocycles. The number of aliphatic hydroxyl groups excluding tert-OH is 1. The Morgan fingerprint density at radius 2 is 1.11 bits per heavy atom. The lowest BCUT2D eigenvalue weighted by atomic mass is 10.0. The Bertz CT molecular complexity index is 904. The zero-order valence-electron chi connectivity index (χ0n) is 21.9. The summed E-state index contributed by atoms with van der Waals surface area (Å²) in [5.74, 6) is 3.02. The third kappa shape index (κ3) is 9.82. The maximum atomic E-state index is 10.4. The van der Waals surface area contributed by atoms with Crippen molar-refractivity contribution in [2.45, 2.75) is 52.6 Å². The van der Waals surface area contributed by atoms with Crippen LogP contribution in [0.2, 0.25) is 0 Å². The summed E-state index contributed by atoms with van der Waals surface area (Å²) < 4.78 is 16.9. The van der Waals surface area contributed by atoms with Gasteiger partial charge >= 0.3 is 0 Å². The van der Waals surface area contributed by atoms with Gasteiger partial charge in [-0.25, -0.2) is 0 Å². The van der Waals surface area contributed by atoms with Crippen molar-refractivity contribution in [1.29, 1.82) is 0 Å². The molecule has 0 bridgehead atoms. The topological polar surface area (TPSA) is 60.0 Å². The molecule has 0 saturated heterocycles. The van der Waals surface area contributed by atoms with E-state index < -0.39 is 0 Å². The number of hydrogen-bond donors (Lipinski definition) is 2. The minimum Gasteiger partial charge on any atom is -0.494 e. The molecule has 2 N–H and O–H groups in total. The molecule has 2 unspecified atom stereocenters. The van der Waals surface area contributed by atoms with Gasteiger partial charge in [0.2, 0.25) is 0 Å². The third-order valence-corrected chi connectivity index (χ3v) is 6.04. The highest BCUT2D eigenvalue weighted by Crippen LogP contribution is 2.19. The Kier molecular flexibility index (Phi) is 11.5. The number of hydrogen-bond acceptors (Lipinski definition) is 5. The van der Waals surface area contributed by atoms with E-state index in [1.807, 2.05) is 62.4 Å². The molecule has 0 amide bonds. The number of nitrogens with one attached hydrogen (secondary N) is 1. The van der Waals surface area contributed by atoms with Gasteiger partial charge in [0.15, 0.2) is 0 Å². The van der Waals surface area contributed by atoms with Crippen LogP contribution >= 0.6 is 0 Å². The quantitative estimate of drug-likeness (QED) is 0.238. The normalized spacial score (nSPS) is 12.6. The van der Waals surface area contributed by atoms with Crippen LogP contribution in [0.3, 0.4) is 0 Å². The molecular weight excluding hydrogens is 450 g/mol. The molecule has 3 aromatic carbocycles. The molecular formula is C31H41NO4. The van der Waals surface area contributed by atoms with Crippen LogP contribution in [-0.4, -0.2) is 37.6 Å². The van der Waals surface area contributed by atoms with Gasteiger partial charge in [-0.05, 0) is 99.2 Å². The lowest BCUT2D eigenvalue weighted by Gasteiger charge is -2.15. The van der Waals surface area contributed by atoms with Crippen LogP contribution in [0.15, 0.2) is 72.8 Å². The molecule has 3 aromatic rings. The van der Waals surface area contributed by atoms with E-state index in [9.17, 15) is 5.11 Å². The summed E-state index contributed by atoms with van der Waals surface area (Å²) in [6, 6.07) is 24.4. The SMILES string of the molecule is CCOc1ccc(CCC(O)CCc2ccc(OCC(C)CNc3ccc(OCC)cc3)cc2)cc1. The molecule has 5 heteroatoms. The summed E-state index contributed by atoms with van der Waals surface area (Å²) in [5.41, 5.74) is 3.52. The summed E-state index contributed by atoms with van der Waals surface area (Å²) in [6.07, 6.45) is 2.93. The standard InChI is InChI=1S/C31H41NO4/c1-4-34-29-16-8-25(9-17-29)6-14-28(33)15-7-26-10-18-31(19-11-26)36-23-24(3)22-32-27-12-20-30(21-13-27)35-5-2/h8-13,16-21,24,28,32-33H,4-7,14-15,22-23H2,1-3H3. The minimum absolute atomic E-state index is 0.309. The lowest BCUT2D eigenvalue weighted by molar-refractivity contribution is 0.155. The second-order valence-electron chi connectivity index (χ2n) is 9.21. The second kappa shape index (κ2) is 15.0. The average Bonchev–Trinajstić information content (AvgIpc) is 2.91. The van der Waals surface area contributed by atoms with Crippen molar-refractivity contribution in [3.63, 3.8) is 0 Å². The molecule has 2 atom stereocenters. The largest absolute Gasteiger partial charge is 0.494 e. The number of aryl methyl sites for hydroxylation is 2. The summed E-state index contributed by atoms with van der Waals surface area (Å²) >= 11 is 0. The van der Waals surface area contributed by atoms with E-state index in [0.717, 1.165) is 55.2 Å². The summed E-state index contributed by atoms with van der Waals surface area (Å²) in [4.78, 5) is 0. The van der Waals surface area contributed by atoms with Crippen molar-refractivity contribution in [2.24, 2.45) is 5.92 Å². The van der Waals surface area contributed by atoms with E-state index in [2.05, 4.69) is 36.5 Å². The molecule has 5 nitrogen and oxygen atoms in total. The van der Waals surface area contributed by atoms with Gasteiger partial charge in [-0.15, -0.1) is 0 Å². The molecule has 0 aliphatic rings. The Labute approximate surface area is 216 Å². The first-order chi connectivity index (χ1) is 17.6. The molecule has 0 radical (unpaired) electrons. The monoisotopic (exact) mass is 491 g/mol. The first kappa shape index (κ1) is 27.4. The van der Waals surface area contributed by atoms with E-state index in [-0.39, 0.29) is 6.10 Å². The smallest absolute Gasteiger partial charge is 0.119 e. The van der Waals surface area contributed by atoms with E-state index >= 15 is 0 Å². The van der Waals surface area contributed by atoms with Crippen molar-refractivity contribution in [3.8, 4) is 17.2 Å².